The average Bonchev–Trinajstić information content (AvgIpc) is 2.40. The van der Waals surface area contributed by atoms with Crippen LogP contribution in [0.3, 0.4) is 0 Å². The maximum absolute atomic E-state index is 11.4. The van der Waals surface area contributed by atoms with Gasteiger partial charge in [-0.2, -0.15) is 0 Å². The lowest BCUT2D eigenvalue weighted by atomic mass is 10.1. The lowest BCUT2D eigenvalue weighted by molar-refractivity contribution is -0.137. The molecule has 0 fully saturated rings. The van der Waals surface area contributed by atoms with E-state index in [9.17, 15) is 14.7 Å². The van der Waals surface area contributed by atoms with Crippen molar-refractivity contribution >= 4 is 23.6 Å². The first-order chi connectivity index (χ1) is 9.49. The molecule has 4 N–H and O–H groups in total. The lowest BCUT2D eigenvalue weighted by Gasteiger charge is -2.13. The van der Waals surface area contributed by atoms with Gasteiger partial charge < -0.3 is 20.8 Å². The van der Waals surface area contributed by atoms with E-state index in [1.807, 2.05) is 0 Å². The molecule has 0 saturated heterocycles. The smallest absolute Gasteiger partial charge is 0.314 e. The number of carboxylic acid groups (broad SMARTS) is 1. The van der Waals surface area contributed by atoms with Crippen LogP contribution >= 0.6 is 11.6 Å². The van der Waals surface area contributed by atoms with Crippen molar-refractivity contribution in [1.29, 1.82) is 0 Å². The summed E-state index contributed by atoms with van der Waals surface area (Å²) < 4.78 is 0. The van der Waals surface area contributed by atoms with Gasteiger partial charge in [0.1, 0.15) is 0 Å². The largest absolute Gasteiger partial charge is 0.481 e. The third kappa shape index (κ3) is 6.40. The van der Waals surface area contributed by atoms with E-state index in [2.05, 4.69) is 10.6 Å². The van der Waals surface area contributed by atoms with E-state index in [0.29, 0.717) is 17.0 Å². The number of halogens is 1. The van der Waals surface area contributed by atoms with Crippen molar-refractivity contribution in [3.8, 4) is 0 Å². The van der Waals surface area contributed by atoms with Crippen LogP contribution in [0, 0.1) is 0 Å². The molecule has 0 aromatic heterocycles. The Kier molecular flexibility index (Phi) is 6.83. The van der Waals surface area contributed by atoms with Crippen molar-refractivity contribution < 1.29 is 19.8 Å². The van der Waals surface area contributed by atoms with E-state index >= 15 is 0 Å². The Hall–Kier alpha value is -1.79. The highest BCUT2D eigenvalue weighted by molar-refractivity contribution is 6.30. The standard InChI is InChI=1S/C13H17ClN2O4/c14-10-4-1-3-9(7-10)11(17)8-16-13(20)15-6-2-5-12(18)19/h1,3-4,7,11,17H,2,5-6,8H2,(H,18,19)(H2,15,16,20). The fourth-order valence-corrected chi connectivity index (χ4v) is 1.72. The Morgan fingerprint density at radius 1 is 1.30 bits per heavy atom. The van der Waals surface area contributed by atoms with Crippen LogP contribution < -0.4 is 10.6 Å². The summed E-state index contributed by atoms with van der Waals surface area (Å²) in [4.78, 5) is 21.7. The number of nitrogens with one attached hydrogen (secondary N) is 2. The molecule has 0 aliphatic rings. The number of aliphatic hydroxyl groups excluding tert-OH is 1. The summed E-state index contributed by atoms with van der Waals surface area (Å²) in [6.45, 7) is 0.316. The Morgan fingerprint density at radius 2 is 2.05 bits per heavy atom. The number of urea groups is 1. The molecule has 1 unspecified atom stereocenters. The minimum atomic E-state index is -0.899. The summed E-state index contributed by atoms with van der Waals surface area (Å²) in [6.07, 6.45) is -0.483. The molecule has 0 spiro atoms. The van der Waals surface area contributed by atoms with Crippen molar-refractivity contribution in [3.05, 3.63) is 34.9 Å². The molecule has 0 aliphatic heterocycles. The van der Waals surface area contributed by atoms with Crippen LogP contribution in [0.5, 0.6) is 0 Å². The van der Waals surface area contributed by atoms with E-state index in [0.717, 1.165) is 0 Å². The number of aliphatic hydroxyl groups is 1. The van der Waals surface area contributed by atoms with Gasteiger partial charge in [0.05, 0.1) is 6.10 Å². The van der Waals surface area contributed by atoms with Crippen LogP contribution in [0.1, 0.15) is 24.5 Å². The van der Waals surface area contributed by atoms with Crippen molar-refractivity contribution in [1.82, 2.24) is 10.6 Å². The number of rotatable bonds is 7. The molecule has 1 aromatic rings. The number of aliphatic carboxylic acids is 1. The minimum absolute atomic E-state index is 0.00538. The summed E-state index contributed by atoms with van der Waals surface area (Å²) in [6, 6.07) is 6.30. The van der Waals surface area contributed by atoms with Crippen molar-refractivity contribution in [2.24, 2.45) is 0 Å². The number of carbonyl (C=O) groups excluding carboxylic acids is 1. The third-order valence-corrected chi connectivity index (χ3v) is 2.78. The summed E-state index contributed by atoms with van der Waals surface area (Å²) in [5, 5.41) is 23.8. The molecule has 0 saturated carbocycles. The third-order valence-electron chi connectivity index (χ3n) is 2.54. The first kappa shape index (κ1) is 16.3. The second-order valence-corrected chi connectivity index (χ2v) is 4.64. The monoisotopic (exact) mass is 300 g/mol. The highest BCUT2D eigenvalue weighted by Crippen LogP contribution is 2.16. The number of carbonyl (C=O) groups is 2. The van der Waals surface area contributed by atoms with E-state index in [4.69, 9.17) is 16.7 Å². The molecule has 110 valence electrons. The SMILES string of the molecule is O=C(O)CCCNC(=O)NCC(O)c1cccc(Cl)c1. The predicted octanol–water partition coefficient (Wildman–Crippen LogP) is 1.54. The van der Waals surface area contributed by atoms with Gasteiger partial charge in [0.2, 0.25) is 0 Å². The van der Waals surface area contributed by atoms with Crippen LogP contribution in [0.2, 0.25) is 5.02 Å². The topological polar surface area (TPSA) is 98.7 Å². The van der Waals surface area contributed by atoms with Gasteiger partial charge in [-0.15, -0.1) is 0 Å². The van der Waals surface area contributed by atoms with Gasteiger partial charge in [-0.1, -0.05) is 23.7 Å². The number of carboxylic acids is 1. The van der Waals surface area contributed by atoms with Gasteiger partial charge >= 0.3 is 12.0 Å². The Labute approximate surface area is 121 Å². The summed E-state index contributed by atoms with van der Waals surface area (Å²) in [5.41, 5.74) is 0.615. The first-order valence-corrected chi connectivity index (χ1v) is 6.54. The normalized spacial score (nSPS) is 11.7. The van der Waals surface area contributed by atoms with Crippen LogP contribution in [-0.2, 0) is 4.79 Å². The Morgan fingerprint density at radius 3 is 2.70 bits per heavy atom. The number of amides is 2. The minimum Gasteiger partial charge on any atom is -0.481 e. The molecule has 0 radical (unpaired) electrons. The van der Waals surface area contributed by atoms with Gasteiger partial charge in [0, 0.05) is 24.5 Å². The van der Waals surface area contributed by atoms with Crippen LogP contribution in [0.25, 0.3) is 0 Å². The Balaban J connectivity index is 2.25. The maximum Gasteiger partial charge on any atom is 0.314 e. The predicted molar refractivity (Wildman–Crippen MR) is 74.7 cm³/mol. The van der Waals surface area contributed by atoms with Gasteiger partial charge in [0.25, 0.3) is 0 Å². The van der Waals surface area contributed by atoms with Crippen molar-refractivity contribution in [3.63, 3.8) is 0 Å². The van der Waals surface area contributed by atoms with Gasteiger partial charge in [-0.05, 0) is 24.1 Å². The van der Waals surface area contributed by atoms with Gasteiger partial charge in [-0.25, -0.2) is 4.79 Å². The second-order valence-electron chi connectivity index (χ2n) is 4.20. The maximum atomic E-state index is 11.4. The number of hydrogen-bond acceptors (Lipinski definition) is 3. The molecule has 1 rings (SSSR count). The average molecular weight is 301 g/mol. The van der Waals surface area contributed by atoms with Crippen LogP contribution in [0.4, 0.5) is 4.79 Å². The molecule has 0 aliphatic carbocycles. The summed E-state index contributed by atoms with van der Waals surface area (Å²) in [7, 11) is 0. The molecular formula is C13H17ClN2O4. The van der Waals surface area contributed by atoms with Crippen molar-refractivity contribution in [2.75, 3.05) is 13.1 Å². The zero-order chi connectivity index (χ0) is 15.0. The van der Waals surface area contributed by atoms with Crippen LogP contribution in [0.15, 0.2) is 24.3 Å². The highest BCUT2D eigenvalue weighted by Gasteiger charge is 2.09. The van der Waals surface area contributed by atoms with Crippen molar-refractivity contribution in [2.45, 2.75) is 18.9 Å². The van der Waals surface area contributed by atoms with Crippen LogP contribution in [-0.4, -0.2) is 35.3 Å². The number of hydrogen-bond donors (Lipinski definition) is 4. The van der Waals surface area contributed by atoms with E-state index in [-0.39, 0.29) is 19.5 Å². The molecule has 0 bridgehead atoms. The molecule has 2 amide bonds. The number of benzene rings is 1. The summed E-state index contributed by atoms with van der Waals surface area (Å²) >= 11 is 5.80. The van der Waals surface area contributed by atoms with E-state index in [1.54, 1.807) is 24.3 Å². The van der Waals surface area contributed by atoms with Gasteiger partial charge in [0.15, 0.2) is 0 Å². The zero-order valence-electron chi connectivity index (χ0n) is 10.8. The molecular weight excluding hydrogens is 284 g/mol. The lowest BCUT2D eigenvalue weighted by Crippen LogP contribution is -2.38. The molecule has 20 heavy (non-hydrogen) atoms. The molecule has 7 heteroatoms. The molecule has 1 atom stereocenters. The fraction of sp³-hybridized carbons (Fsp3) is 0.385. The molecule has 1 aromatic carbocycles. The van der Waals surface area contributed by atoms with E-state index in [1.165, 1.54) is 0 Å². The second kappa shape index (κ2) is 8.39. The Bertz CT molecular complexity index is 467. The fourth-order valence-electron chi connectivity index (χ4n) is 1.53. The quantitative estimate of drug-likeness (QED) is 0.574. The van der Waals surface area contributed by atoms with E-state index < -0.39 is 18.1 Å². The van der Waals surface area contributed by atoms with Gasteiger partial charge in [-0.3, -0.25) is 4.79 Å². The molecule has 0 heterocycles. The zero-order valence-corrected chi connectivity index (χ0v) is 11.6. The summed E-state index contributed by atoms with van der Waals surface area (Å²) in [5.74, 6) is -0.899. The first-order valence-electron chi connectivity index (χ1n) is 6.16. The molecule has 6 nitrogen and oxygen atoms in total. The highest BCUT2D eigenvalue weighted by atomic mass is 35.5.